The number of imidazole rings is 1. The number of carboxylic acid groups (broad SMARTS) is 2. The smallest absolute Gasteiger partial charge is 0.326 e. The summed E-state index contributed by atoms with van der Waals surface area (Å²) in [5.41, 5.74) is 27.2. The van der Waals surface area contributed by atoms with Crippen molar-refractivity contribution in [1.29, 1.82) is 0 Å². The summed E-state index contributed by atoms with van der Waals surface area (Å²) in [5.74, 6) is -5.51. The summed E-state index contributed by atoms with van der Waals surface area (Å²) in [6, 6.07) is -5.32. The average molecular weight is 583 g/mol. The topological polar surface area (TPSA) is 345 Å². The van der Waals surface area contributed by atoms with Gasteiger partial charge in [-0.05, 0) is 25.7 Å². The lowest BCUT2D eigenvalue weighted by Gasteiger charge is -2.25. The molecular weight excluding hydrogens is 544 g/mol. The van der Waals surface area contributed by atoms with Crippen LogP contribution in [0.2, 0.25) is 0 Å². The minimum atomic E-state index is -1.44. The number of nitrogens with zero attached hydrogens (tertiary/aromatic N) is 3. The number of rotatable bonds is 19. The molecule has 0 saturated heterocycles. The Hall–Kier alpha value is -4.94. The van der Waals surface area contributed by atoms with Gasteiger partial charge in [-0.3, -0.25) is 29.2 Å². The van der Waals surface area contributed by atoms with E-state index in [0.717, 1.165) is 0 Å². The molecule has 1 aromatic rings. The minimum Gasteiger partial charge on any atom is -0.481 e. The normalized spacial score (nSPS) is 13.5. The van der Waals surface area contributed by atoms with Crippen LogP contribution in [0.25, 0.3) is 0 Å². The molecule has 19 nitrogen and oxygen atoms in total. The van der Waals surface area contributed by atoms with Gasteiger partial charge in [0.1, 0.15) is 18.1 Å². The number of guanidine groups is 2. The molecule has 19 heteroatoms. The SMILES string of the molecule is NC(N)=NCCCC(NC(=O)C(Cc1cnc[nH]1)NC(=O)C(CCCN=C(N)N)NC(=O)C(N)CC(=O)O)C(=O)O. The Balaban J connectivity index is 3.09. The number of H-pyrrole nitrogens is 1. The Kier molecular flexibility index (Phi) is 14.6. The predicted molar refractivity (Wildman–Crippen MR) is 146 cm³/mol. The third-order valence-corrected chi connectivity index (χ3v) is 5.48. The first-order valence-electron chi connectivity index (χ1n) is 12.5. The van der Waals surface area contributed by atoms with E-state index in [-0.39, 0.29) is 57.1 Å². The fourth-order valence-electron chi connectivity index (χ4n) is 3.46. The van der Waals surface area contributed by atoms with Gasteiger partial charge >= 0.3 is 11.9 Å². The summed E-state index contributed by atoms with van der Waals surface area (Å²) >= 11 is 0. The van der Waals surface area contributed by atoms with Crippen molar-refractivity contribution in [3.05, 3.63) is 18.2 Å². The zero-order valence-corrected chi connectivity index (χ0v) is 22.3. The first kappa shape index (κ1) is 34.1. The fourth-order valence-corrected chi connectivity index (χ4v) is 3.46. The van der Waals surface area contributed by atoms with Crippen LogP contribution in [0.3, 0.4) is 0 Å². The Morgan fingerprint density at radius 2 is 1.34 bits per heavy atom. The first-order valence-corrected chi connectivity index (χ1v) is 12.5. The summed E-state index contributed by atoms with van der Waals surface area (Å²) < 4.78 is 0. The van der Waals surface area contributed by atoms with Crippen LogP contribution in [0, 0.1) is 0 Å². The van der Waals surface area contributed by atoms with E-state index in [2.05, 4.69) is 35.9 Å². The molecule has 0 saturated carbocycles. The van der Waals surface area contributed by atoms with Crippen LogP contribution in [0.5, 0.6) is 0 Å². The second kappa shape index (κ2) is 17.6. The van der Waals surface area contributed by atoms with Crippen molar-refractivity contribution in [2.24, 2.45) is 38.7 Å². The summed E-state index contributed by atoms with van der Waals surface area (Å²) in [5, 5.41) is 25.8. The maximum absolute atomic E-state index is 13.3. The van der Waals surface area contributed by atoms with Gasteiger partial charge < -0.3 is 59.8 Å². The zero-order chi connectivity index (χ0) is 30.9. The predicted octanol–water partition coefficient (Wildman–Crippen LogP) is -4.60. The molecular formula is C22H38N12O7. The van der Waals surface area contributed by atoms with Crippen molar-refractivity contribution in [3.8, 4) is 0 Å². The van der Waals surface area contributed by atoms with E-state index in [1.165, 1.54) is 12.5 Å². The Morgan fingerprint density at radius 1 is 0.829 bits per heavy atom. The van der Waals surface area contributed by atoms with Crippen molar-refractivity contribution in [2.45, 2.75) is 62.7 Å². The second-order valence-corrected chi connectivity index (χ2v) is 8.90. The van der Waals surface area contributed by atoms with E-state index in [9.17, 15) is 29.1 Å². The number of aliphatic carboxylic acids is 2. The number of nitrogens with one attached hydrogen (secondary N) is 4. The number of aliphatic imine (C=N–C) groups is 2. The molecule has 4 unspecified atom stereocenters. The quantitative estimate of drug-likeness (QED) is 0.0416. The highest BCUT2D eigenvalue weighted by atomic mass is 16.4. The Morgan fingerprint density at radius 3 is 1.83 bits per heavy atom. The maximum atomic E-state index is 13.3. The van der Waals surface area contributed by atoms with Gasteiger partial charge in [-0.15, -0.1) is 0 Å². The minimum absolute atomic E-state index is 0.00488. The van der Waals surface area contributed by atoms with Crippen LogP contribution < -0.4 is 44.6 Å². The summed E-state index contributed by atoms with van der Waals surface area (Å²) in [4.78, 5) is 75.8. The van der Waals surface area contributed by atoms with Gasteiger partial charge in [-0.25, -0.2) is 9.78 Å². The highest BCUT2D eigenvalue weighted by molar-refractivity contribution is 5.94. The molecule has 1 aromatic heterocycles. The van der Waals surface area contributed by atoms with Gasteiger partial charge in [0.15, 0.2) is 11.9 Å². The van der Waals surface area contributed by atoms with Crippen LogP contribution in [0.15, 0.2) is 22.5 Å². The third-order valence-electron chi connectivity index (χ3n) is 5.48. The van der Waals surface area contributed by atoms with Gasteiger partial charge in [0.2, 0.25) is 17.7 Å². The largest absolute Gasteiger partial charge is 0.481 e. The number of aromatic amines is 1. The number of hydrogen-bond donors (Lipinski definition) is 11. The molecule has 0 fully saturated rings. The van der Waals surface area contributed by atoms with E-state index >= 15 is 0 Å². The molecule has 0 aliphatic carbocycles. The highest BCUT2D eigenvalue weighted by Gasteiger charge is 2.31. The highest BCUT2D eigenvalue weighted by Crippen LogP contribution is 2.06. The second-order valence-electron chi connectivity index (χ2n) is 8.90. The maximum Gasteiger partial charge on any atom is 0.326 e. The summed E-state index contributed by atoms with van der Waals surface area (Å²) in [6.45, 7) is 0.253. The molecule has 0 radical (unpaired) electrons. The van der Waals surface area contributed by atoms with Crippen molar-refractivity contribution in [2.75, 3.05) is 13.1 Å². The molecule has 41 heavy (non-hydrogen) atoms. The van der Waals surface area contributed by atoms with E-state index < -0.39 is 60.2 Å². The van der Waals surface area contributed by atoms with Gasteiger partial charge in [-0.2, -0.15) is 0 Å². The lowest BCUT2D eigenvalue weighted by Crippen LogP contribution is -2.57. The Bertz CT molecular complexity index is 1080. The van der Waals surface area contributed by atoms with Crippen LogP contribution in [-0.4, -0.2) is 99.0 Å². The van der Waals surface area contributed by atoms with E-state index in [1.54, 1.807) is 0 Å². The first-order chi connectivity index (χ1) is 19.3. The number of aromatic nitrogens is 2. The van der Waals surface area contributed by atoms with Gasteiger partial charge in [0.05, 0.1) is 18.8 Å². The standard InChI is InChI=1S/C22H38N12O7/c23-12(8-16(35)36)17(37)32-13(3-1-5-29-21(24)25)18(38)34-15(7-11-9-28-10-31-11)19(39)33-14(20(40)41)4-2-6-30-22(26)27/h9-10,12-15H,1-8,23H2,(H,28,31)(H,32,37)(H,33,39)(H,34,38)(H,35,36)(H,40,41)(H4,24,25,29)(H4,26,27,30). The van der Waals surface area contributed by atoms with Crippen LogP contribution in [-0.2, 0) is 30.4 Å². The fraction of sp³-hybridized carbons (Fsp3) is 0.545. The number of amides is 3. The van der Waals surface area contributed by atoms with Crippen LogP contribution in [0.1, 0.15) is 37.8 Å². The summed E-state index contributed by atoms with van der Waals surface area (Å²) in [6.07, 6.45) is 2.43. The molecule has 0 spiro atoms. The number of carboxylic acids is 2. The molecule has 0 aliphatic heterocycles. The molecule has 0 aliphatic rings. The number of carbonyl (C=O) groups excluding carboxylic acids is 3. The number of carbonyl (C=O) groups is 5. The molecule has 16 N–H and O–H groups in total. The van der Waals surface area contributed by atoms with Crippen molar-refractivity contribution in [1.82, 2.24) is 25.9 Å². The van der Waals surface area contributed by atoms with Gasteiger partial charge in [0, 0.05) is 31.4 Å². The molecule has 4 atom stereocenters. The third kappa shape index (κ3) is 14.1. The molecule has 1 rings (SSSR count). The van der Waals surface area contributed by atoms with Crippen molar-refractivity contribution in [3.63, 3.8) is 0 Å². The van der Waals surface area contributed by atoms with Gasteiger partial charge in [-0.1, -0.05) is 0 Å². The molecule has 228 valence electrons. The summed E-state index contributed by atoms with van der Waals surface area (Å²) in [7, 11) is 0. The number of hydrogen-bond acceptors (Lipinski definition) is 9. The van der Waals surface area contributed by atoms with Crippen LogP contribution >= 0.6 is 0 Å². The number of nitrogens with two attached hydrogens (primary N) is 5. The lowest BCUT2D eigenvalue weighted by molar-refractivity contribution is -0.142. The molecule has 3 amide bonds. The lowest BCUT2D eigenvalue weighted by atomic mass is 10.1. The molecule has 1 heterocycles. The zero-order valence-electron chi connectivity index (χ0n) is 22.3. The van der Waals surface area contributed by atoms with E-state index in [1.807, 2.05) is 0 Å². The van der Waals surface area contributed by atoms with Gasteiger partial charge in [0.25, 0.3) is 0 Å². The Labute approximate surface area is 234 Å². The van der Waals surface area contributed by atoms with Crippen molar-refractivity contribution >= 4 is 41.6 Å². The molecule has 0 aromatic carbocycles. The van der Waals surface area contributed by atoms with E-state index in [4.69, 9.17) is 33.8 Å². The monoisotopic (exact) mass is 582 g/mol. The average Bonchev–Trinajstić information content (AvgIpc) is 3.39. The van der Waals surface area contributed by atoms with Crippen LogP contribution in [0.4, 0.5) is 0 Å². The molecule has 0 bridgehead atoms. The van der Waals surface area contributed by atoms with E-state index in [0.29, 0.717) is 5.69 Å². The van der Waals surface area contributed by atoms with Crippen molar-refractivity contribution < 1.29 is 34.2 Å².